The van der Waals surface area contributed by atoms with Gasteiger partial charge in [0.2, 0.25) is 11.4 Å². The lowest BCUT2D eigenvalue weighted by atomic mass is 10.1. The van der Waals surface area contributed by atoms with Gasteiger partial charge >= 0.3 is 0 Å². The molecule has 20 nitrogen and oxygen atoms in total. The monoisotopic (exact) mass is 982 g/mol. The van der Waals surface area contributed by atoms with E-state index in [1.54, 1.807) is 74.5 Å². The summed E-state index contributed by atoms with van der Waals surface area (Å²) in [6, 6.07) is 43.7. The van der Waals surface area contributed by atoms with Gasteiger partial charge < -0.3 is 51.1 Å². The molecule has 20 N–H and O–H groups in total. The van der Waals surface area contributed by atoms with Crippen LogP contribution in [0.2, 0.25) is 0 Å². The van der Waals surface area contributed by atoms with Gasteiger partial charge in [0, 0.05) is 36.4 Å². The molecular weight excluding hydrogens is 911 g/mol. The van der Waals surface area contributed by atoms with Crippen LogP contribution in [0.1, 0.15) is 37.2 Å². The van der Waals surface area contributed by atoms with Gasteiger partial charge in [-0.15, -0.1) is 10.1 Å². The third kappa shape index (κ3) is 23.9. The number of hydroxylamine groups is 6. The number of benzene rings is 6. The minimum atomic E-state index is -0.751. The Hall–Kier alpha value is -6.12. The molecule has 0 aromatic heterocycles. The molecule has 0 heterocycles. The van der Waals surface area contributed by atoms with Crippen LogP contribution in [-0.2, 0) is 0 Å². The van der Waals surface area contributed by atoms with Crippen molar-refractivity contribution in [3.8, 4) is 23.0 Å². The van der Waals surface area contributed by atoms with Crippen molar-refractivity contribution in [2.75, 3.05) is 52.5 Å². The van der Waals surface area contributed by atoms with Crippen LogP contribution in [0.3, 0.4) is 0 Å². The average molecular weight is 983 g/mol. The third-order valence-electron chi connectivity index (χ3n) is 9.69. The van der Waals surface area contributed by atoms with E-state index in [4.69, 9.17) is 41.1 Å². The number of aliphatic hydroxyl groups excluding tert-OH is 6. The summed E-state index contributed by atoms with van der Waals surface area (Å²) in [5.41, 5.74) is 3.33. The number of rotatable bonds is 18. The lowest BCUT2D eigenvalue weighted by Gasteiger charge is -2.18. The summed E-state index contributed by atoms with van der Waals surface area (Å²) in [4.78, 5) is 0. The maximum atomic E-state index is 10.0. The van der Waals surface area contributed by atoms with Crippen molar-refractivity contribution >= 4 is 22.7 Å². The summed E-state index contributed by atoms with van der Waals surface area (Å²) in [6.45, 7) is 4.42. The number of para-hydroxylation sites is 4. The number of hydrogen-bond acceptors (Lipinski definition) is 15. The number of nitrogens with one attached hydrogen (secondary N) is 5. The normalized spacial score (nSPS) is 13.4. The number of hydrogen-bond donors (Lipinski definition) is 20. The Morgan fingerprint density at radius 1 is 0.371 bits per heavy atom. The molecule has 0 spiro atoms. The summed E-state index contributed by atoms with van der Waals surface area (Å²) in [5, 5.41) is 139. The van der Waals surface area contributed by atoms with Crippen molar-refractivity contribution in [1.82, 2.24) is 0 Å². The summed E-state index contributed by atoms with van der Waals surface area (Å²) in [7, 11) is 0. The molecule has 0 aliphatic carbocycles. The van der Waals surface area contributed by atoms with Crippen molar-refractivity contribution in [3.05, 3.63) is 169 Å². The molecule has 0 radical (unpaired) electrons. The fraction of sp³-hybridized carbons (Fsp3) is 0.280. The molecular formula is C50H72N5O15+5. The second kappa shape index (κ2) is 33.4. The first-order chi connectivity index (χ1) is 33.4. The van der Waals surface area contributed by atoms with Gasteiger partial charge in [-0.2, -0.15) is 15.2 Å². The first kappa shape index (κ1) is 60.0. The summed E-state index contributed by atoms with van der Waals surface area (Å²) in [6.07, 6.45) is -2.56. The van der Waals surface area contributed by atoms with Gasteiger partial charge in [0.15, 0.2) is 22.9 Å². The highest BCUT2D eigenvalue weighted by Gasteiger charge is 2.21. The third-order valence-corrected chi connectivity index (χ3v) is 9.69. The maximum Gasteiger partial charge on any atom is 0.210 e. The van der Waals surface area contributed by atoms with Crippen LogP contribution in [0.15, 0.2) is 158 Å². The number of phenols is 4. The Morgan fingerprint density at radius 2 is 0.686 bits per heavy atom. The highest BCUT2D eigenvalue weighted by molar-refractivity contribution is 5.51. The molecule has 0 aliphatic heterocycles. The Kier molecular flexibility index (Phi) is 28.6. The van der Waals surface area contributed by atoms with Gasteiger partial charge in [-0.3, -0.25) is 0 Å². The zero-order valence-electron chi connectivity index (χ0n) is 39.2. The van der Waals surface area contributed by atoms with E-state index in [-0.39, 0.29) is 101 Å². The topological polar surface area (TPSA) is 326 Å². The Labute approximate surface area is 406 Å². The SMILES string of the molecule is CC(O)C[NH+](O)CC(C)O.OC(C[NH+](O)CC(O)c1ccccc1)c1ccccc1.OCC[NH+](O)CCO.Oc1ccc([NH+](O)c2ccc(O)cc2)cc1.Oc1ccccc1[NH+](O)c1ccccc1O. The molecule has 0 saturated carbocycles. The Morgan fingerprint density at radius 3 is 1.00 bits per heavy atom. The Balaban J connectivity index is 0.000000311. The largest absolute Gasteiger partial charge is 0.508 e. The first-order valence-corrected chi connectivity index (χ1v) is 22.3. The van der Waals surface area contributed by atoms with Crippen molar-refractivity contribution in [2.45, 2.75) is 38.3 Å². The quantitative estimate of drug-likeness (QED) is 0.0270. The predicted octanol–water partition coefficient (Wildman–Crippen LogP) is -1.33. The van der Waals surface area contributed by atoms with E-state index < -0.39 is 24.4 Å². The second-order valence-corrected chi connectivity index (χ2v) is 15.8. The molecule has 6 aromatic rings. The van der Waals surface area contributed by atoms with Crippen LogP contribution in [0.25, 0.3) is 0 Å². The fourth-order valence-electron chi connectivity index (χ4n) is 6.16. The number of phenolic OH excluding ortho intramolecular Hbond substituents is 4. The van der Waals surface area contributed by atoms with Gasteiger partial charge in [0.05, 0.1) is 13.2 Å². The molecule has 0 amide bonds. The molecule has 6 rings (SSSR count). The maximum absolute atomic E-state index is 10.0. The molecule has 0 bridgehead atoms. The molecule has 4 atom stereocenters. The van der Waals surface area contributed by atoms with Crippen molar-refractivity contribution in [2.24, 2.45) is 0 Å². The van der Waals surface area contributed by atoms with Crippen LogP contribution < -0.4 is 25.3 Å². The van der Waals surface area contributed by atoms with Crippen LogP contribution >= 0.6 is 0 Å². The highest BCUT2D eigenvalue weighted by atomic mass is 16.5. The van der Waals surface area contributed by atoms with Gasteiger partial charge in [0.1, 0.15) is 75.2 Å². The van der Waals surface area contributed by atoms with E-state index >= 15 is 0 Å². The van der Waals surface area contributed by atoms with E-state index in [0.29, 0.717) is 22.7 Å². The van der Waals surface area contributed by atoms with Crippen molar-refractivity contribution < 1.29 is 102 Å². The van der Waals surface area contributed by atoms with E-state index in [1.165, 1.54) is 36.4 Å². The molecule has 4 unspecified atom stereocenters. The number of quaternary nitrogens is 5. The average Bonchev–Trinajstić information content (AvgIpc) is 3.33. The lowest BCUT2D eigenvalue weighted by molar-refractivity contribution is -1.09. The van der Waals surface area contributed by atoms with E-state index in [0.717, 1.165) is 11.1 Å². The van der Waals surface area contributed by atoms with Crippen LogP contribution in [0.5, 0.6) is 23.0 Å². The predicted molar refractivity (Wildman–Crippen MR) is 254 cm³/mol. The van der Waals surface area contributed by atoms with Crippen molar-refractivity contribution in [1.29, 1.82) is 0 Å². The van der Waals surface area contributed by atoms with Gasteiger partial charge in [-0.1, -0.05) is 84.9 Å². The molecule has 382 valence electrons. The minimum absolute atomic E-state index is 0.0248. The summed E-state index contributed by atoms with van der Waals surface area (Å²) < 4.78 is 0. The van der Waals surface area contributed by atoms with E-state index in [9.17, 15) is 36.0 Å². The molecule has 0 fully saturated rings. The second-order valence-electron chi connectivity index (χ2n) is 15.8. The molecule has 70 heavy (non-hydrogen) atoms. The highest BCUT2D eigenvalue weighted by Crippen LogP contribution is 2.24. The molecule has 20 heteroatoms. The number of aliphatic hydroxyl groups is 6. The Bertz CT molecular complexity index is 2100. The van der Waals surface area contributed by atoms with E-state index in [1.807, 2.05) is 60.7 Å². The van der Waals surface area contributed by atoms with Crippen molar-refractivity contribution in [3.63, 3.8) is 0 Å². The fourth-order valence-corrected chi connectivity index (χ4v) is 6.16. The lowest BCUT2D eigenvalue weighted by Crippen LogP contribution is -3.11. The van der Waals surface area contributed by atoms with E-state index in [2.05, 4.69) is 0 Å². The van der Waals surface area contributed by atoms with Crippen LogP contribution in [-0.4, -0.2) is 142 Å². The molecule has 6 aromatic carbocycles. The minimum Gasteiger partial charge on any atom is -0.508 e. The molecule has 0 saturated heterocycles. The standard InChI is InChI=1S/C16H19NO3.2C12H11NO3.C6H15NO3.C4H11NO3/c18-15(13-7-3-1-4-8-13)11-17(20)12-16(19)14-9-5-2-6-10-14;14-11-5-1-9(2-6-11)13(16)10-3-7-12(15)8-4-10;14-11-7-3-1-5-9(11)13(16)10-6-2-4-8-12(10)15;1-5(8)3-7(10)4-6(2)9;6-3-1-5(8)2-4-7/h1-10,15-16,18-20H,11-12H2;2*1-8,14-16H;5-6,8-10H,3-4H2,1-2H3;6-8H,1-4H2/p+5. The first-order valence-electron chi connectivity index (χ1n) is 22.3. The zero-order chi connectivity index (χ0) is 52.0. The molecule has 0 aliphatic rings. The van der Waals surface area contributed by atoms with Crippen LogP contribution in [0.4, 0.5) is 22.7 Å². The van der Waals surface area contributed by atoms with Gasteiger partial charge in [-0.05, 0) is 61.4 Å². The summed E-state index contributed by atoms with van der Waals surface area (Å²) in [5.74, 6) is 0.260. The zero-order valence-corrected chi connectivity index (χ0v) is 39.2. The summed E-state index contributed by atoms with van der Waals surface area (Å²) >= 11 is 0. The smallest absolute Gasteiger partial charge is 0.210 e. The van der Waals surface area contributed by atoms with Gasteiger partial charge in [-0.25, -0.2) is 26.0 Å². The van der Waals surface area contributed by atoms with Gasteiger partial charge in [0.25, 0.3) is 0 Å². The van der Waals surface area contributed by atoms with Crippen LogP contribution in [0, 0.1) is 0 Å². The number of aromatic hydroxyl groups is 4.